The third-order valence-electron chi connectivity index (χ3n) is 4.18. The molecule has 21 heavy (non-hydrogen) atoms. The Hall–Kier alpha value is -1.76. The van der Waals surface area contributed by atoms with Crippen molar-refractivity contribution in [2.75, 3.05) is 37.7 Å². The van der Waals surface area contributed by atoms with E-state index in [9.17, 15) is 14.7 Å². The standard InChI is InChI=1S/C15H18N2O4/c18-11-12-10-17(13-4-2-1-3-5-13)14(19)15(12,20)16-6-8-21-9-7-16/h1-5,11-12,20H,6-10H2/t12?,15-/m0/s1. The van der Waals surface area contributed by atoms with Crippen LogP contribution in [-0.4, -0.2) is 60.8 Å². The number of amides is 1. The second-order valence-corrected chi connectivity index (χ2v) is 5.32. The van der Waals surface area contributed by atoms with Crippen LogP contribution < -0.4 is 4.90 Å². The fourth-order valence-electron chi connectivity index (χ4n) is 3.01. The molecule has 0 radical (unpaired) electrons. The van der Waals surface area contributed by atoms with Crippen molar-refractivity contribution in [2.24, 2.45) is 5.92 Å². The van der Waals surface area contributed by atoms with E-state index in [1.165, 1.54) is 4.90 Å². The number of para-hydroxylation sites is 1. The molecule has 0 aromatic heterocycles. The SMILES string of the molecule is O=CC1CN(c2ccccc2)C(=O)[C@]1(O)N1CCOCC1. The molecule has 6 heteroatoms. The predicted octanol–water partition coefficient (Wildman–Crippen LogP) is -0.131. The quantitative estimate of drug-likeness (QED) is 0.785. The summed E-state index contributed by atoms with van der Waals surface area (Å²) < 4.78 is 5.25. The highest BCUT2D eigenvalue weighted by Crippen LogP contribution is 2.34. The van der Waals surface area contributed by atoms with Crippen molar-refractivity contribution in [3.63, 3.8) is 0 Å². The molecule has 2 heterocycles. The number of aldehydes is 1. The Morgan fingerprint density at radius 1 is 1.24 bits per heavy atom. The van der Waals surface area contributed by atoms with Crippen LogP contribution in [0.15, 0.2) is 30.3 Å². The number of anilines is 1. The van der Waals surface area contributed by atoms with Crippen LogP contribution in [-0.2, 0) is 14.3 Å². The molecule has 112 valence electrons. The fourth-order valence-corrected chi connectivity index (χ4v) is 3.01. The van der Waals surface area contributed by atoms with E-state index in [0.717, 1.165) is 0 Å². The van der Waals surface area contributed by atoms with Crippen molar-refractivity contribution in [2.45, 2.75) is 5.72 Å². The van der Waals surface area contributed by atoms with Crippen LogP contribution in [0, 0.1) is 5.92 Å². The van der Waals surface area contributed by atoms with Crippen molar-refractivity contribution in [1.82, 2.24) is 4.90 Å². The zero-order valence-corrected chi connectivity index (χ0v) is 11.6. The number of benzene rings is 1. The molecular formula is C15H18N2O4. The molecular weight excluding hydrogens is 272 g/mol. The molecule has 2 atom stereocenters. The number of rotatable bonds is 3. The Bertz CT molecular complexity index is 530. The van der Waals surface area contributed by atoms with Gasteiger partial charge in [0.1, 0.15) is 6.29 Å². The van der Waals surface area contributed by atoms with Crippen molar-refractivity contribution < 1.29 is 19.4 Å². The summed E-state index contributed by atoms with van der Waals surface area (Å²) in [6.45, 7) is 1.98. The smallest absolute Gasteiger partial charge is 0.275 e. The van der Waals surface area contributed by atoms with Crippen LogP contribution in [0.25, 0.3) is 0 Å². The van der Waals surface area contributed by atoms with Crippen molar-refractivity contribution in [3.8, 4) is 0 Å². The Balaban J connectivity index is 1.92. The average molecular weight is 290 g/mol. The van der Waals surface area contributed by atoms with Gasteiger partial charge in [-0.25, -0.2) is 0 Å². The summed E-state index contributed by atoms with van der Waals surface area (Å²) in [6.07, 6.45) is 0.677. The van der Waals surface area contributed by atoms with Crippen LogP contribution in [0.1, 0.15) is 0 Å². The number of carbonyl (C=O) groups is 2. The lowest BCUT2D eigenvalue weighted by molar-refractivity contribution is -0.176. The minimum atomic E-state index is -1.76. The van der Waals surface area contributed by atoms with Crippen LogP contribution in [0.4, 0.5) is 5.69 Å². The van der Waals surface area contributed by atoms with Gasteiger partial charge in [-0.15, -0.1) is 0 Å². The molecule has 1 amide bonds. The lowest BCUT2D eigenvalue weighted by Gasteiger charge is -2.39. The molecule has 2 aliphatic heterocycles. The summed E-state index contributed by atoms with van der Waals surface area (Å²) in [5, 5.41) is 10.9. The third kappa shape index (κ3) is 2.25. The number of carbonyl (C=O) groups excluding carboxylic acids is 2. The molecule has 2 aliphatic rings. The van der Waals surface area contributed by atoms with Gasteiger partial charge in [0.15, 0.2) is 0 Å². The van der Waals surface area contributed by atoms with Gasteiger partial charge in [0.05, 0.1) is 19.1 Å². The van der Waals surface area contributed by atoms with E-state index >= 15 is 0 Å². The zero-order valence-electron chi connectivity index (χ0n) is 11.6. The van der Waals surface area contributed by atoms with Crippen molar-refractivity contribution in [3.05, 3.63) is 30.3 Å². The minimum absolute atomic E-state index is 0.195. The largest absolute Gasteiger partial charge is 0.379 e. The number of nitrogens with zero attached hydrogens (tertiary/aromatic N) is 2. The van der Waals surface area contributed by atoms with Gasteiger partial charge in [0, 0.05) is 25.3 Å². The third-order valence-corrected chi connectivity index (χ3v) is 4.18. The average Bonchev–Trinajstić information content (AvgIpc) is 2.82. The maximum Gasteiger partial charge on any atom is 0.275 e. The number of aliphatic hydroxyl groups is 1. The Morgan fingerprint density at radius 3 is 2.52 bits per heavy atom. The van der Waals surface area contributed by atoms with E-state index in [-0.39, 0.29) is 6.54 Å². The molecule has 1 unspecified atom stereocenters. The lowest BCUT2D eigenvalue weighted by Crippen LogP contribution is -2.61. The molecule has 0 saturated carbocycles. The lowest BCUT2D eigenvalue weighted by atomic mass is 9.98. The zero-order chi connectivity index (χ0) is 14.9. The number of hydrogen-bond acceptors (Lipinski definition) is 5. The molecule has 2 saturated heterocycles. The van der Waals surface area contributed by atoms with E-state index in [1.54, 1.807) is 17.0 Å². The highest BCUT2D eigenvalue weighted by molar-refractivity contribution is 6.04. The first-order valence-corrected chi connectivity index (χ1v) is 7.05. The van der Waals surface area contributed by atoms with Crippen LogP contribution in [0.5, 0.6) is 0 Å². The van der Waals surface area contributed by atoms with E-state index in [1.807, 2.05) is 18.2 Å². The molecule has 0 spiro atoms. The van der Waals surface area contributed by atoms with Crippen molar-refractivity contribution in [1.29, 1.82) is 0 Å². The molecule has 1 aromatic rings. The summed E-state index contributed by atoms with van der Waals surface area (Å²) in [4.78, 5) is 27.3. The normalized spacial score (nSPS) is 30.6. The Morgan fingerprint density at radius 2 is 1.90 bits per heavy atom. The van der Waals surface area contributed by atoms with Gasteiger partial charge in [-0.05, 0) is 12.1 Å². The Kier molecular flexibility index (Phi) is 3.75. The van der Waals surface area contributed by atoms with E-state index in [4.69, 9.17) is 4.74 Å². The second kappa shape index (κ2) is 5.55. The molecule has 0 aliphatic carbocycles. The van der Waals surface area contributed by atoms with E-state index in [0.29, 0.717) is 38.3 Å². The first kappa shape index (κ1) is 14.2. The van der Waals surface area contributed by atoms with Crippen LogP contribution in [0.3, 0.4) is 0 Å². The van der Waals surface area contributed by atoms with Gasteiger partial charge in [0.2, 0.25) is 5.72 Å². The molecule has 6 nitrogen and oxygen atoms in total. The molecule has 2 fully saturated rings. The maximum absolute atomic E-state index is 12.7. The van der Waals surface area contributed by atoms with Gasteiger partial charge in [-0.2, -0.15) is 0 Å². The first-order chi connectivity index (χ1) is 10.2. The predicted molar refractivity (Wildman–Crippen MR) is 75.7 cm³/mol. The molecule has 0 bridgehead atoms. The van der Waals surface area contributed by atoms with Crippen molar-refractivity contribution >= 4 is 17.9 Å². The topological polar surface area (TPSA) is 70.1 Å². The summed E-state index contributed by atoms with van der Waals surface area (Å²) in [5.74, 6) is -1.20. The van der Waals surface area contributed by atoms with Crippen LogP contribution in [0.2, 0.25) is 0 Å². The molecule has 1 aromatic carbocycles. The Labute approximate surface area is 122 Å². The first-order valence-electron chi connectivity index (χ1n) is 7.05. The monoisotopic (exact) mass is 290 g/mol. The number of hydrogen-bond donors (Lipinski definition) is 1. The van der Waals surface area contributed by atoms with Gasteiger partial charge < -0.3 is 19.5 Å². The van der Waals surface area contributed by atoms with Gasteiger partial charge in [0.25, 0.3) is 5.91 Å². The number of ether oxygens (including phenoxy) is 1. The highest BCUT2D eigenvalue weighted by Gasteiger charge is 2.57. The van der Waals surface area contributed by atoms with Crippen LogP contribution >= 0.6 is 0 Å². The molecule has 1 N–H and O–H groups in total. The van der Waals surface area contributed by atoms with E-state index in [2.05, 4.69) is 0 Å². The minimum Gasteiger partial charge on any atom is -0.379 e. The molecule has 3 rings (SSSR count). The summed E-state index contributed by atoms with van der Waals surface area (Å²) in [6, 6.07) is 9.10. The van der Waals surface area contributed by atoms with Gasteiger partial charge >= 0.3 is 0 Å². The van der Waals surface area contributed by atoms with Gasteiger partial charge in [-0.3, -0.25) is 9.69 Å². The summed E-state index contributed by atoms with van der Waals surface area (Å²) in [5.41, 5.74) is -1.07. The number of morpholine rings is 1. The summed E-state index contributed by atoms with van der Waals surface area (Å²) in [7, 11) is 0. The highest BCUT2D eigenvalue weighted by atomic mass is 16.5. The fraction of sp³-hybridized carbons (Fsp3) is 0.467. The van der Waals surface area contributed by atoms with Gasteiger partial charge in [-0.1, -0.05) is 18.2 Å². The van der Waals surface area contributed by atoms with E-state index < -0.39 is 17.6 Å². The second-order valence-electron chi connectivity index (χ2n) is 5.32. The summed E-state index contributed by atoms with van der Waals surface area (Å²) >= 11 is 0. The maximum atomic E-state index is 12.7.